The normalized spacial score (nSPS) is 10.9. The minimum Gasteiger partial charge on any atom is -0.488 e. The van der Waals surface area contributed by atoms with Crippen LogP contribution in [0.1, 0.15) is 16.7 Å². The number of nitro benzene ring substituents is 1. The summed E-state index contributed by atoms with van der Waals surface area (Å²) in [4.78, 5) is 10.3. The molecule has 0 atom stereocenters. The van der Waals surface area contributed by atoms with Gasteiger partial charge in [-0.05, 0) is 70.1 Å². The van der Waals surface area contributed by atoms with Crippen LogP contribution < -0.4 is 4.74 Å². The summed E-state index contributed by atoms with van der Waals surface area (Å²) in [6.45, 7) is 0.272. The number of hydrogen-bond donors (Lipinski definition) is 0. The Morgan fingerprint density at radius 3 is 2.39 bits per heavy atom. The highest BCUT2D eigenvalue weighted by Gasteiger charge is 2.07. The van der Waals surface area contributed by atoms with Gasteiger partial charge >= 0.3 is 0 Å². The smallest absolute Gasteiger partial charge is 0.269 e. The quantitative estimate of drug-likeness (QED) is 0.145. The average molecular weight is 482 g/mol. The SMILES string of the molecule is N#C/C(=C/c1ccccc1OCc1ccc([N+](=O)[O-])cc1)c1ccc(I)cc1. The van der Waals surface area contributed by atoms with Gasteiger partial charge in [0, 0.05) is 21.3 Å². The van der Waals surface area contributed by atoms with Gasteiger partial charge in [0.05, 0.1) is 16.6 Å². The Bertz CT molecular complexity index is 1050. The third-order valence-electron chi connectivity index (χ3n) is 4.04. The summed E-state index contributed by atoms with van der Waals surface area (Å²) in [5.41, 5.74) is 3.04. The molecule has 0 saturated heterocycles. The van der Waals surface area contributed by atoms with Crippen LogP contribution in [-0.2, 0) is 6.61 Å². The van der Waals surface area contributed by atoms with E-state index >= 15 is 0 Å². The molecule has 0 bridgehead atoms. The largest absolute Gasteiger partial charge is 0.488 e. The van der Waals surface area contributed by atoms with Crippen molar-refractivity contribution < 1.29 is 9.66 Å². The number of nitriles is 1. The van der Waals surface area contributed by atoms with Crippen LogP contribution in [0.25, 0.3) is 11.6 Å². The first-order valence-electron chi connectivity index (χ1n) is 8.40. The predicted molar refractivity (Wildman–Crippen MR) is 117 cm³/mol. The van der Waals surface area contributed by atoms with Gasteiger partial charge < -0.3 is 4.74 Å². The Hall–Kier alpha value is -3.18. The fourth-order valence-electron chi connectivity index (χ4n) is 2.57. The van der Waals surface area contributed by atoms with Gasteiger partial charge in [0.25, 0.3) is 5.69 Å². The van der Waals surface area contributed by atoms with Crippen molar-refractivity contribution >= 4 is 39.9 Å². The lowest BCUT2D eigenvalue weighted by molar-refractivity contribution is -0.384. The molecule has 3 aromatic rings. The second-order valence-electron chi connectivity index (χ2n) is 5.93. The first-order valence-corrected chi connectivity index (χ1v) is 9.47. The molecule has 3 aromatic carbocycles. The summed E-state index contributed by atoms with van der Waals surface area (Å²) >= 11 is 2.22. The summed E-state index contributed by atoms with van der Waals surface area (Å²) in [7, 11) is 0. The minimum atomic E-state index is -0.432. The van der Waals surface area contributed by atoms with E-state index < -0.39 is 4.92 Å². The van der Waals surface area contributed by atoms with Crippen LogP contribution in [0.15, 0.2) is 72.8 Å². The van der Waals surface area contributed by atoms with Gasteiger partial charge in [-0.3, -0.25) is 10.1 Å². The molecular weight excluding hydrogens is 467 g/mol. The van der Waals surface area contributed by atoms with Crippen molar-refractivity contribution in [2.45, 2.75) is 6.61 Å². The Labute approximate surface area is 176 Å². The van der Waals surface area contributed by atoms with E-state index in [9.17, 15) is 15.4 Å². The van der Waals surface area contributed by atoms with E-state index in [4.69, 9.17) is 4.74 Å². The van der Waals surface area contributed by atoms with Crippen LogP contribution in [0, 0.1) is 25.0 Å². The summed E-state index contributed by atoms with van der Waals surface area (Å²) in [6, 6.07) is 23.7. The molecule has 0 aliphatic heterocycles. The highest BCUT2D eigenvalue weighted by atomic mass is 127. The molecule has 3 rings (SSSR count). The maximum atomic E-state index is 10.7. The van der Waals surface area contributed by atoms with Gasteiger partial charge in [-0.15, -0.1) is 0 Å². The van der Waals surface area contributed by atoms with Crippen molar-refractivity contribution in [2.75, 3.05) is 0 Å². The van der Waals surface area contributed by atoms with E-state index in [-0.39, 0.29) is 12.3 Å². The molecule has 0 aliphatic carbocycles. The number of benzene rings is 3. The maximum absolute atomic E-state index is 10.7. The van der Waals surface area contributed by atoms with Gasteiger partial charge in [-0.2, -0.15) is 5.26 Å². The second-order valence-corrected chi connectivity index (χ2v) is 7.17. The summed E-state index contributed by atoms with van der Waals surface area (Å²) in [5.74, 6) is 0.638. The van der Waals surface area contributed by atoms with Crippen LogP contribution in [0.3, 0.4) is 0 Å². The number of nitro groups is 1. The second kappa shape index (κ2) is 9.15. The van der Waals surface area contributed by atoms with Crippen molar-refractivity contribution in [3.05, 3.63) is 103 Å². The van der Waals surface area contributed by atoms with Crippen LogP contribution in [0.2, 0.25) is 0 Å². The van der Waals surface area contributed by atoms with E-state index in [0.717, 1.165) is 20.3 Å². The van der Waals surface area contributed by atoms with E-state index in [1.54, 1.807) is 18.2 Å². The zero-order valence-corrected chi connectivity index (χ0v) is 16.9. The Morgan fingerprint density at radius 2 is 1.75 bits per heavy atom. The number of non-ortho nitro benzene ring substituents is 1. The zero-order chi connectivity index (χ0) is 19.9. The number of hydrogen-bond acceptors (Lipinski definition) is 4. The molecule has 0 amide bonds. The first kappa shape index (κ1) is 19.6. The van der Waals surface area contributed by atoms with Crippen LogP contribution in [0.4, 0.5) is 5.69 Å². The Morgan fingerprint density at radius 1 is 1.07 bits per heavy atom. The predicted octanol–water partition coefficient (Wildman–Crippen LogP) is 5.84. The molecule has 0 unspecified atom stereocenters. The van der Waals surface area contributed by atoms with Crippen LogP contribution >= 0.6 is 22.6 Å². The van der Waals surface area contributed by atoms with Crippen molar-refractivity contribution in [3.63, 3.8) is 0 Å². The van der Waals surface area contributed by atoms with Crippen LogP contribution in [-0.4, -0.2) is 4.92 Å². The molecule has 138 valence electrons. The summed E-state index contributed by atoms with van der Waals surface area (Å²) < 4.78 is 7.00. The third kappa shape index (κ3) is 4.96. The van der Waals surface area contributed by atoms with Crippen molar-refractivity contribution in [1.29, 1.82) is 5.26 Å². The molecule has 0 saturated carbocycles. The number of ether oxygens (including phenoxy) is 1. The zero-order valence-electron chi connectivity index (χ0n) is 14.7. The van der Waals surface area contributed by atoms with Gasteiger partial charge in [0.15, 0.2) is 0 Å². The van der Waals surface area contributed by atoms with Gasteiger partial charge in [-0.1, -0.05) is 30.3 Å². The topological polar surface area (TPSA) is 76.2 Å². The minimum absolute atomic E-state index is 0.0447. The van der Waals surface area contributed by atoms with E-state index in [1.807, 2.05) is 48.5 Å². The van der Waals surface area contributed by atoms with Gasteiger partial charge in [0.1, 0.15) is 12.4 Å². The molecule has 0 fully saturated rings. The number of nitrogens with zero attached hydrogens (tertiary/aromatic N) is 2. The van der Waals surface area contributed by atoms with Crippen molar-refractivity contribution in [3.8, 4) is 11.8 Å². The molecule has 5 nitrogen and oxygen atoms in total. The molecule has 0 aromatic heterocycles. The van der Waals surface area contributed by atoms with Crippen LogP contribution in [0.5, 0.6) is 5.75 Å². The number of para-hydroxylation sites is 1. The molecule has 0 N–H and O–H groups in total. The number of rotatable bonds is 6. The van der Waals surface area contributed by atoms with E-state index in [2.05, 4.69) is 28.7 Å². The molecule has 0 spiro atoms. The molecule has 6 heteroatoms. The standard InChI is InChI=1S/C22H15IN2O3/c23-20-9-7-17(8-10-20)19(14-24)13-18-3-1-2-4-22(18)28-15-16-5-11-21(12-6-16)25(26)27/h1-13H,15H2/b19-13-. The van der Waals surface area contributed by atoms with E-state index in [1.165, 1.54) is 12.1 Å². The fraction of sp³-hybridized carbons (Fsp3) is 0.0455. The third-order valence-corrected chi connectivity index (χ3v) is 4.76. The number of halogens is 1. The maximum Gasteiger partial charge on any atom is 0.269 e. The lowest BCUT2D eigenvalue weighted by atomic mass is 10.0. The fourth-order valence-corrected chi connectivity index (χ4v) is 2.93. The molecule has 0 radical (unpaired) electrons. The molecule has 28 heavy (non-hydrogen) atoms. The Kier molecular flexibility index (Phi) is 6.40. The first-order chi connectivity index (χ1) is 13.6. The van der Waals surface area contributed by atoms with E-state index in [0.29, 0.717) is 11.3 Å². The molecular formula is C22H15IN2O3. The summed E-state index contributed by atoms with van der Waals surface area (Å²) in [5, 5.41) is 20.3. The lowest BCUT2D eigenvalue weighted by Gasteiger charge is -2.10. The lowest BCUT2D eigenvalue weighted by Crippen LogP contribution is -1.97. The Balaban J connectivity index is 1.81. The van der Waals surface area contributed by atoms with Crippen molar-refractivity contribution in [2.24, 2.45) is 0 Å². The summed E-state index contributed by atoms with van der Waals surface area (Å²) in [6.07, 6.45) is 1.80. The van der Waals surface area contributed by atoms with Gasteiger partial charge in [0.2, 0.25) is 0 Å². The highest BCUT2D eigenvalue weighted by Crippen LogP contribution is 2.26. The molecule has 0 heterocycles. The van der Waals surface area contributed by atoms with Crippen molar-refractivity contribution in [1.82, 2.24) is 0 Å². The molecule has 0 aliphatic rings. The monoisotopic (exact) mass is 482 g/mol. The number of allylic oxidation sites excluding steroid dienone is 1. The highest BCUT2D eigenvalue weighted by molar-refractivity contribution is 14.1. The van der Waals surface area contributed by atoms with Gasteiger partial charge in [-0.25, -0.2) is 0 Å². The average Bonchev–Trinajstić information content (AvgIpc) is 2.72.